The van der Waals surface area contributed by atoms with Gasteiger partial charge in [0, 0.05) is 0 Å². The van der Waals surface area contributed by atoms with Crippen LogP contribution in [0.15, 0.2) is 18.2 Å². The maximum Gasteiger partial charge on any atom is 0.248 e. The van der Waals surface area contributed by atoms with Gasteiger partial charge in [-0.2, -0.15) is 0 Å². The van der Waals surface area contributed by atoms with E-state index in [1.54, 1.807) is 12.1 Å². The molecule has 0 spiro atoms. The second-order valence-corrected chi connectivity index (χ2v) is 4.95. The molecule has 0 saturated heterocycles. The molecule has 1 aromatic rings. The lowest BCUT2D eigenvalue weighted by Gasteiger charge is -2.25. The summed E-state index contributed by atoms with van der Waals surface area (Å²) in [6.07, 6.45) is 0.884. The number of imide groups is 1. The number of benzene rings is 1. The van der Waals surface area contributed by atoms with E-state index in [9.17, 15) is 9.59 Å². The molecule has 0 atom stereocenters. The highest BCUT2D eigenvalue weighted by atomic mass is 16.2. The molecule has 4 heteroatoms. The van der Waals surface area contributed by atoms with E-state index >= 15 is 0 Å². The minimum Gasteiger partial charge on any atom is -0.332 e. The van der Waals surface area contributed by atoms with Crippen LogP contribution >= 0.6 is 0 Å². The number of carbonyl (C=O) groups is 2. The molecule has 0 aromatic heterocycles. The molecule has 0 unspecified atom stereocenters. The molecule has 1 aliphatic rings. The van der Waals surface area contributed by atoms with Crippen molar-refractivity contribution in [2.24, 2.45) is 0 Å². The van der Waals surface area contributed by atoms with Crippen LogP contribution in [0.1, 0.15) is 53.5 Å². The van der Waals surface area contributed by atoms with Crippen molar-refractivity contribution in [3.8, 4) is 0 Å². The number of hydrogen-bond acceptors (Lipinski definition) is 2. The molecule has 2 radical (unpaired) electrons. The summed E-state index contributed by atoms with van der Waals surface area (Å²) in [7, 11) is 5.46. The summed E-state index contributed by atoms with van der Waals surface area (Å²) in [6, 6.07) is 5.35. The SMILES string of the molecule is [B]N1C(=O)c2cccc(C(C)(C)CC)c2C1=O. The fourth-order valence-electron chi connectivity index (χ4n) is 2.06. The number of hydrogen-bond donors (Lipinski definition) is 0. The standard InChI is InChI=1S/C13H14BNO2/c1-4-13(2,3)9-7-5-6-8-10(9)12(17)15(14)11(8)16/h5-7H,4H2,1-3H3. The Morgan fingerprint density at radius 1 is 1.24 bits per heavy atom. The first-order chi connectivity index (χ1) is 7.90. The van der Waals surface area contributed by atoms with Crippen molar-refractivity contribution in [3.63, 3.8) is 0 Å². The molecule has 0 bridgehead atoms. The highest BCUT2D eigenvalue weighted by molar-refractivity contribution is 6.36. The Balaban J connectivity index is 2.69. The summed E-state index contributed by atoms with van der Waals surface area (Å²) >= 11 is 0. The van der Waals surface area contributed by atoms with Crippen molar-refractivity contribution in [3.05, 3.63) is 34.9 Å². The van der Waals surface area contributed by atoms with Crippen LogP contribution in [0.4, 0.5) is 0 Å². The largest absolute Gasteiger partial charge is 0.332 e. The quantitative estimate of drug-likeness (QED) is 0.572. The second kappa shape index (κ2) is 3.72. The van der Waals surface area contributed by atoms with Crippen LogP contribution in [-0.2, 0) is 5.41 Å². The smallest absolute Gasteiger partial charge is 0.248 e. The van der Waals surface area contributed by atoms with Crippen LogP contribution in [0.25, 0.3) is 0 Å². The van der Waals surface area contributed by atoms with E-state index < -0.39 is 11.8 Å². The predicted molar refractivity (Wildman–Crippen MR) is 66.0 cm³/mol. The van der Waals surface area contributed by atoms with Crippen LogP contribution in [0.2, 0.25) is 0 Å². The van der Waals surface area contributed by atoms with E-state index in [-0.39, 0.29) is 5.41 Å². The molecule has 86 valence electrons. The van der Waals surface area contributed by atoms with Crippen molar-refractivity contribution in [1.82, 2.24) is 4.81 Å². The summed E-state index contributed by atoms with van der Waals surface area (Å²) in [5.74, 6) is -0.819. The lowest BCUT2D eigenvalue weighted by Crippen LogP contribution is -2.27. The van der Waals surface area contributed by atoms with Gasteiger partial charge in [0.25, 0.3) is 0 Å². The lowest BCUT2D eigenvalue weighted by atomic mass is 9.79. The third kappa shape index (κ3) is 1.59. The molecule has 2 rings (SSSR count). The van der Waals surface area contributed by atoms with E-state index in [2.05, 4.69) is 20.8 Å². The fraction of sp³-hybridized carbons (Fsp3) is 0.385. The maximum atomic E-state index is 12.0. The molecule has 1 aromatic carbocycles. The minimum absolute atomic E-state index is 0.146. The van der Waals surface area contributed by atoms with Crippen LogP contribution < -0.4 is 0 Å². The zero-order chi connectivity index (χ0) is 12.8. The Morgan fingerprint density at radius 2 is 1.88 bits per heavy atom. The van der Waals surface area contributed by atoms with Gasteiger partial charge in [-0.1, -0.05) is 32.9 Å². The maximum absolute atomic E-state index is 12.0. The third-order valence-electron chi connectivity index (χ3n) is 3.56. The number of carbonyl (C=O) groups excluding carboxylic acids is 2. The van der Waals surface area contributed by atoms with Gasteiger partial charge in [-0.25, -0.2) is 0 Å². The van der Waals surface area contributed by atoms with E-state index in [1.807, 2.05) is 6.07 Å². The van der Waals surface area contributed by atoms with Gasteiger partial charge in [0.15, 0.2) is 0 Å². The first-order valence-electron chi connectivity index (χ1n) is 5.67. The Kier molecular flexibility index (Phi) is 2.61. The predicted octanol–water partition coefficient (Wildman–Crippen LogP) is 2.05. The van der Waals surface area contributed by atoms with Gasteiger partial charge in [-0.3, -0.25) is 9.59 Å². The van der Waals surface area contributed by atoms with E-state index in [0.717, 1.165) is 12.0 Å². The Hall–Kier alpha value is -1.58. The molecule has 0 N–H and O–H groups in total. The summed E-state index contributed by atoms with van der Waals surface area (Å²) < 4.78 is 0. The molecule has 1 aliphatic heterocycles. The van der Waals surface area contributed by atoms with Crippen LogP contribution in [0.3, 0.4) is 0 Å². The van der Waals surface area contributed by atoms with Gasteiger partial charge < -0.3 is 4.81 Å². The zero-order valence-corrected chi connectivity index (χ0v) is 10.3. The molecule has 0 saturated carbocycles. The normalized spacial score (nSPS) is 15.4. The summed E-state index contributed by atoms with van der Waals surface area (Å²) in [4.78, 5) is 24.4. The molecule has 2 amide bonds. The monoisotopic (exact) mass is 227 g/mol. The number of rotatable bonds is 2. The molecular weight excluding hydrogens is 213 g/mol. The lowest BCUT2D eigenvalue weighted by molar-refractivity contribution is 0.0765. The average molecular weight is 227 g/mol. The van der Waals surface area contributed by atoms with Gasteiger partial charge in [0.05, 0.1) is 11.1 Å². The third-order valence-corrected chi connectivity index (χ3v) is 3.56. The summed E-state index contributed by atoms with van der Waals surface area (Å²) in [5.41, 5.74) is 1.62. The number of fused-ring (bicyclic) bond motifs is 1. The van der Waals surface area contributed by atoms with Crippen molar-refractivity contribution in [2.75, 3.05) is 0 Å². The van der Waals surface area contributed by atoms with Crippen molar-refractivity contribution in [2.45, 2.75) is 32.6 Å². The van der Waals surface area contributed by atoms with Crippen LogP contribution in [0.5, 0.6) is 0 Å². The Labute approximate surface area is 102 Å². The van der Waals surface area contributed by atoms with Gasteiger partial charge in [-0.15, -0.1) is 0 Å². The fourth-order valence-corrected chi connectivity index (χ4v) is 2.06. The van der Waals surface area contributed by atoms with E-state index in [0.29, 0.717) is 15.9 Å². The van der Waals surface area contributed by atoms with Crippen molar-refractivity contribution < 1.29 is 9.59 Å². The Morgan fingerprint density at radius 3 is 2.47 bits per heavy atom. The molecular formula is C13H14BNO2. The average Bonchev–Trinajstić information content (AvgIpc) is 2.54. The number of nitrogens with zero attached hydrogens (tertiary/aromatic N) is 1. The molecule has 0 aliphatic carbocycles. The van der Waals surface area contributed by atoms with Crippen LogP contribution in [-0.4, -0.2) is 24.6 Å². The first-order valence-corrected chi connectivity index (χ1v) is 5.67. The van der Waals surface area contributed by atoms with Gasteiger partial charge in [0.2, 0.25) is 19.8 Å². The van der Waals surface area contributed by atoms with Gasteiger partial charge in [0.1, 0.15) is 0 Å². The van der Waals surface area contributed by atoms with Crippen molar-refractivity contribution >= 4 is 19.8 Å². The molecule has 3 nitrogen and oxygen atoms in total. The highest BCUT2D eigenvalue weighted by Crippen LogP contribution is 2.34. The van der Waals surface area contributed by atoms with E-state index in [1.165, 1.54) is 0 Å². The zero-order valence-electron chi connectivity index (χ0n) is 10.3. The topological polar surface area (TPSA) is 37.4 Å². The number of amides is 2. The van der Waals surface area contributed by atoms with Gasteiger partial charge >= 0.3 is 0 Å². The Bertz CT molecular complexity index is 508. The molecule has 1 heterocycles. The minimum atomic E-state index is -0.418. The second-order valence-electron chi connectivity index (χ2n) is 4.95. The molecule has 17 heavy (non-hydrogen) atoms. The highest BCUT2D eigenvalue weighted by Gasteiger charge is 2.37. The van der Waals surface area contributed by atoms with Crippen LogP contribution in [0, 0.1) is 0 Å². The first kappa shape index (κ1) is 11.9. The van der Waals surface area contributed by atoms with Gasteiger partial charge in [-0.05, 0) is 23.5 Å². The van der Waals surface area contributed by atoms with Crippen molar-refractivity contribution in [1.29, 1.82) is 0 Å². The van der Waals surface area contributed by atoms with E-state index in [4.69, 9.17) is 7.98 Å². The summed E-state index contributed by atoms with van der Waals surface area (Å²) in [5, 5.41) is 0. The summed E-state index contributed by atoms with van der Waals surface area (Å²) in [6.45, 7) is 6.17. The molecule has 0 fully saturated rings.